The van der Waals surface area contributed by atoms with E-state index in [1.165, 1.54) is 24.3 Å². The molecule has 0 aliphatic carbocycles. The Kier molecular flexibility index (Phi) is 32.5. The van der Waals surface area contributed by atoms with E-state index < -0.39 is 249 Å². The Morgan fingerprint density at radius 2 is 0.776 bits per heavy atom. The number of rotatable bonds is 20. The minimum absolute atomic E-state index is 0.110. The number of nitrogens with one attached hydrogen (secondary N) is 5. The number of nitrogens with two attached hydrogens (primary N) is 2. The number of fused-ring (bicyclic) bond motifs is 15. The van der Waals surface area contributed by atoms with Crippen molar-refractivity contribution in [3.8, 4) is 80.1 Å². The van der Waals surface area contributed by atoms with Gasteiger partial charge in [0.05, 0.1) is 17.2 Å². The van der Waals surface area contributed by atoms with Gasteiger partial charge < -0.3 is 124 Å². The summed E-state index contributed by atoms with van der Waals surface area (Å²) in [6, 6.07) is 55.6. The number of aliphatic hydroxyl groups is 1. The molecular weight excluding hydrogens is 1950 g/mol. The molecule has 18 rings (SSSR count). The molecule has 13 aromatic carbocycles. The fraction of sp³-hybridized carbons (Fsp3) is 0.150. The third-order valence-corrected chi connectivity index (χ3v) is 23.2. The molecule has 0 saturated heterocycles. The van der Waals surface area contributed by atoms with E-state index in [1.54, 1.807) is 182 Å². The number of carbonyl (C=O) groups excluding carboxylic acids is 12. The maximum atomic E-state index is 17.1. The lowest BCUT2D eigenvalue weighted by Gasteiger charge is -2.31. The van der Waals surface area contributed by atoms with Crippen molar-refractivity contribution >= 4 is 102 Å². The zero-order chi connectivity index (χ0) is 103. The number of esters is 1. The summed E-state index contributed by atoms with van der Waals surface area (Å²) in [5.41, 5.74) is 13.3. The smallest absolute Gasteiger partial charge is 0.480 e. The first-order valence-electron chi connectivity index (χ1n) is 44.8. The minimum atomic E-state index is -2.44. The van der Waals surface area contributed by atoms with Crippen LogP contribution >= 0.6 is 23.2 Å². The fourth-order valence-corrected chi connectivity index (χ4v) is 15.8. The Morgan fingerprint density at radius 1 is 0.361 bits per heavy atom. The first kappa shape index (κ1) is 102. The number of halogens is 2. The maximum Gasteiger partial charge on any atom is 0.514 e. The molecule has 748 valence electrons. The number of carboxylic acid groups (broad SMARTS) is 1. The van der Waals surface area contributed by atoms with Crippen LogP contribution in [0.5, 0.6) is 69.0 Å². The number of benzene rings is 13. The van der Waals surface area contributed by atoms with Gasteiger partial charge in [0.15, 0.2) is 29.0 Å². The van der Waals surface area contributed by atoms with E-state index in [2.05, 4.69) is 26.6 Å². The molecule has 0 fully saturated rings. The van der Waals surface area contributed by atoms with Crippen molar-refractivity contribution in [3.63, 3.8) is 0 Å². The molecule has 11 N–H and O–H groups in total. The molecular formula is C107H85Cl2N7O31. The minimum Gasteiger partial charge on any atom is -0.480 e. The van der Waals surface area contributed by atoms with Gasteiger partial charge in [0.2, 0.25) is 35.3 Å². The van der Waals surface area contributed by atoms with Crippen LogP contribution < -0.4 is 80.7 Å². The van der Waals surface area contributed by atoms with E-state index in [9.17, 15) is 48.6 Å². The van der Waals surface area contributed by atoms with Crippen LogP contribution in [-0.4, -0.2) is 108 Å². The molecule has 0 spiro atoms. The summed E-state index contributed by atoms with van der Waals surface area (Å²) >= 11 is 14.5. The Hall–Kier alpha value is -18.4. The third-order valence-electron chi connectivity index (χ3n) is 22.7. The van der Waals surface area contributed by atoms with Crippen molar-refractivity contribution in [2.24, 2.45) is 11.5 Å². The Bertz CT molecular complexity index is 7160. The second-order valence-electron chi connectivity index (χ2n) is 32.8. The molecule has 5 aliphatic rings. The van der Waals surface area contributed by atoms with Crippen molar-refractivity contribution in [1.29, 1.82) is 0 Å². The van der Waals surface area contributed by atoms with E-state index >= 15 is 24.0 Å². The third kappa shape index (κ3) is 26.1. The Balaban J connectivity index is 0.910. The van der Waals surface area contributed by atoms with Crippen molar-refractivity contribution in [2.75, 3.05) is 7.11 Å². The summed E-state index contributed by atoms with van der Waals surface area (Å²) in [6.07, 6.45) is -11.4. The number of carboxylic acids is 1. The highest BCUT2D eigenvalue weighted by Gasteiger charge is 2.43. The summed E-state index contributed by atoms with van der Waals surface area (Å²) in [5.74, 6) is -16.7. The van der Waals surface area contributed by atoms with Crippen LogP contribution in [0.4, 0.5) is 28.8 Å². The number of carbonyl (C=O) groups is 13. The predicted octanol–water partition coefficient (Wildman–Crippen LogP) is 17.0. The summed E-state index contributed by atoms with van der Waals surface area (Å²) < 4.78 is 94.5. The number of amides is 5. The van der Waals surface area contributed by atoms with Crippen LogP contribution in [-0.2, 0) is 113 Å². The number of aliphatic carboxylic acids is 1. The average molecular weight is 2040 g/mol. The fourth-order valence-electron chi connectivity index (χ4n) is 15.4. The largest absolute Gasteiger partial charge is 0.514 e. The first-order valence-corrected chi connectivity index (χ1v) is 45.5. The van der Waals surface area contributed by atoms with Gasteiger partial charge in [-0.2, -0.15) is 0 Å². The summed E-state index contributed by atoms with van der Waals surface area (Å²) in [5, 5.41) is 35.9. The maximum absolute atomic E-state index is 17.1. The topological polar surface area (TPSA) is 522 Å². The van der Waals surface area contributed by atoms with Gasteiger partial charge in [0.25, 0.3) is 0 Å². The SMILES string of the molecule is COC(=O)[C@H]1NC(=O)[C@H]2NC(=O)[C@H](NC(=O)[C@@H]3NC(=O)[C@@H](N)c4cc(OC(=O)OCc5ccccc5)cc(c4)Oc4cc(ccc4OC(=O)OCc4ccccc4)[C@@H](N)C(=O)N[C@@H](C(=O)O)Cc4ccc(c(Cl)c4)Oc4cc3cc(c4OC(=O)OCc3ccccc3)Oc3ccc(cc3Cl)[C@H]2O)c2ccc(OC(=O)OCc3ccccc3)c(c2)-c2c(OC(=O)OCc3ccccc3)cc(OC(=O)OCc3ccccc3)cc21. The summed E-state index contributed by atoms with van der Waals surface area (Å²) in [7, 11) is 0.902. The first-order chi connectivity index (χ1) is 71.0. The molecule has 13 aromatic rings. The van der Waals surface area contributed by atoms with Gasteiger partial charge >= 0.3 is 48.9 Å². The molecule has 8 atom stereocenters. The molecule has 5 amide bonds. The highest BCUT2D eigenvalue weighted by Crippen LogP contribution is 2.50. The van der Waals surface area contributed by atoms with Gasteiger partial charge in [-0.25, -0.2) is 38.4 Å². The Labute approximate surface area is 844 Å². The Morgan fingerprint density at radius 3 is 1.27 bits per heavy atom. The van der Waals surface area contributed by atoms with Crippen molar-refractivity contribution < 1.29 is 148 Å². The van der Waals surface area contributed by atoms with E-state index in [0.29, 0.717) is 33.4 Å². The standard InChI is InChI=1S/C107H85Cl2N7O31/c1-132-101(125)91-74-50-72(141-103(127)134-53-59-22-10-3-11-23-59)51-83(146-106(130)137-56-62-28-16-6-17-29-62)86(74)73-44-66(34-37-78(73)144-104(128)135-54-60-24-12-4-13-25-60)89-97(120)116-92(99(122)115-91)93(117)67-35-38-80(76(109)45-67)143-85-48-69-47-84(94(85)147-107(131)138-57-63-30-18-7-19-31-63)142-79-36-32-64(40-75(79)108)41-77(100(123)124)112-95(118)87(110)65-33-39-81(145-105(129)136-55-61-26-14-5-15-27-61)82(46-65)139-70-42-68(88(111)96(119)113-90(69)98(121)114-89)43-71(49-70)140-102(126)133-52-58-20-8-2-9-21-58/h2-40,42-51,77,87-93,117H,41,52-57,110-111H2,1H3,(H,112,118)(H,113,119)(H,114,121)(H,115,122)(H,116,120)(H,123,124)/t77-,87-,88+,89-,90-,91+,92+,93-/m1/s1. The van der Waals surface area contributed by atoms with Crippen LogP contribution in [0.25, 0.3) is 11.1 Å². The normalized spacial score (nSPS) is 16.8. The lowest BCUT2D eigenvalue weighted by Crippen LogP contribution is -2.55. The van der Waals surface area contributed by atoms with Crippen LogP contribution in [0, 0.1) is 0 Å². The van der Waals surface area contributed by atoms with Crippen LogP contribution in [0.3, 0.4) is 0 Å². The highest BCUT2D eigenvalue weighted by molar-refractivity contribution is 6.32. The van der Waals surface area contributed by atoms with Gasteiger partial charge in [0.1, 0.15) is 122 Å². The average Bonchev–Trinajstić information content (AvgIpc) is 0.751. The van der Waals surface area contributed by atoms with Gasteiger partial charge in [-0.3, -0.25) is 24.0 Å². The summed E-state index contributed by atoms with van der Waals surface area (Å²) in [6.45, 7) is -2.38. The van der Waals surface area contributed by atoms with Crippen molar-refractivity contribution in [2.45, 2.75) is 94.5 Å². The number of ether oxygens (including phenoxy) is 16. The van der Waals surface area contributed by atoms with Crippen LogP contribution in [0.2, 0.25) is 10.0 Å². The van der Waals surface area contributed by atoms with E-state index in [0.717, 1.165) is 98.1 Å². The van der Waals surface area contributed by atoms with E-state index in [-0.39, 0.29) is 52.8 Å². The molecule has 147 heavy (non-hydrogen) atoms. The zero-order valence-corrected chi connectivity index (χ0v) is 78.5. The molecule has 5 heterocycles. The molecule has 38 nitrogen and oxygen atoms in total. The lowest BCUT2D eigenvalue weighted by molar-refractivity contribution is -0.146. The lowest BCUT2D eigenvalue weighted by atomic mass is 9.89. The van der Waals surface area contributed by atoms with Crippen molar-refractivity contribution in [1.82, 2.24) is 26.6 Å². The number of methoxy groups -OCH3 is 1. The second-order valence-corrected chi connectivity index (χ2v) is 33.6. The van der Waals surface area contributed by atoms with E-state index in [4.69, 9.17) is 110 Å². The number of hydrogen-bond acceptors (Lipinski definition) is 32. The summed E-state index contributed by atoms with van der Waals surface area (Å²) in [4.78, 5) is 195. The molecule has 15 bridgehead atoms. The molecule has 0 saturated carbocycles. The molecule has 0 radical (unpaired) electrons. The predicted molar refractivity (Wildman–Crippen MR) is 517 cm³/mol. The molecule has 0 aromatic heterocycles. The molecule has 40 heteroatoms. The van der Waals surface area contributed by atoms with Crippen LogP contribution in [0.1, 0.15) is 109 Å². The number of hydrogen-bond donors (Lipinski definition) is 9. The van der Waals surface area contributed by atoms with Crippen LogP contribution in [0.15, 0.2) is 297 Å². The van der Waals surface area contributed by atoms with Gasteiger partial charge in [0, 0.05) is 35.2 Å². The monoisotopic (exact) mass is 2030 g/mol. The quantitative estimate of drug-likeness (QED) is 0.0194. The van der Waals surface area contributed by atoms with Gasteiger partial charge in [-0.1, -0.05) is 229 Å². The van der Waals surface area contributed by atoms with Crippen molar-refractivity contribution in [3.05, 3.63) is 380 Å². The van der Waals surface area contributed by atoms with Gasteiger partial charge in [-0.05, 0) is 146 Å². The number of aliphatic hydroxyl groups excluding tert-OH is 1. The second kappa shape index (κ2) is 47.0. The molecule has 0 unspecified atom stereocenters. The van der Waals surface area contributed by atoms with Gasteiger partial charge in [-0.15, -0.1) is 0 Å². The molecule has 5 aliphatic heterocycles. The van der Waals surface area contributed by atoms with E-state index in [1.807, 2.05) is 0 Å². The highest BCUT2D eigenvalue weighted by atomic mass is 35.5. The zero-order valence-electron chi connectivity index (χ0n) is 77.0.